The van der Waals surface area contributed by atoms with Crippen molar-refractivity contribution in [3.63, 3.8) is 0 Å². The summed E-state index contributed by atoms with van der Waals surface area (Å²) in [6, 6.07) is 66.9. The van der Waals surface area contributed by atoms with Crippen molar-refractivity contribution in [1.29, 1.82) is 0 Å². The molecule has 0 radical (unpaired) electrons. The maximum absolute atomic E-state index is 6.78. The van der Waals surface area contributed by atoms with Crippen LogP contribution in [0.4, 0.5) is 17.1 Å². The van der Waals surface area contributed by atoms with Crippen molar-refractivity contribution >= 4 is 49.8 Å². The zero-order valence-electron chi connectivity index (χ0n) is 29.2. The smallest absolute Gasteiger partial charge is 0.164 e. The van der Waals surface area contributed by atoms with Gasteiger partial charge in [-0.15, -0.1) is 0 Å². The number of rotatable bonds is 7. The number of furan rings is 1. The Morgan fingerprint density at radius 3 is 1.50 bits per heavy atom. The summed E-state index contributed by atoms with van der Waals surface area (Å²) in [5.41, 5.74) is 9.82. The predicted octanol–water partition coefficient (Wildman–Crippen LogP) is 13.1. The Kier molecular flexibility index (Phi) is 7.73. The van der Waals surface area contributed by atoms with Gasteiger partial charge in [0.05, 0.1) is 5.69 Å². The molecular weight excluding hydrogens is 661 g/mol. The second-order valence-corrected chi connectivity index (χ2v) is 13.2. The molecule has 5 heteroatoms. The molecule has 0 saturated heterocycles. The van der Waals surface area contributed by atoms with E-state index in [-0.39, 0.29) is 0 Å². The van der Waals surface area contributed by atoms with Gasteiger partial charge >= 0.3 is 0 Å². The average molecular weight is 693 g/mol. The highest BCUT2D eigenvalue weighted by Crippen LogP contribution is 2.46. The number of anilines is 3. The summed E-state index contributed by atoms with van der Waals surface area (Å²) in [4.78, 5) is 17.5. The largest absolute Gasteiger partial charge is 0.455 e. The monoisotopic (exact) mass is 692 g/mol. The molecular formula is C49H32N4O. The Morgan fingerprint density at radius 1 is 0.370 bits per heavy atom. The molecule has 0 unspecified atom stereocenters. The van der Waals surface area contributed by atoms with Crippen LogP contribution in [-0.2, 0) is 0 Å². The molecule has 0 aliphatic rings. The number of fused-ring (bicyclic) bond motifs is 5. The minimum absolute atomic E-state index is 0.585. The molecule has 2 aromatic heterocycles. The maximum Gasteiger partial charge on any atom is 0.164 e. The van der Waals surface area contributed by atoms with E-state index < -0.39 is 0 Å². The molecule has 0 saturated carbocycles. The Hall–Kier alpha value is -7.37. The lowest BCUT2D eigenvalue weighted by Gasteiger charge is -2.27. The van der Waals surface area contributed by atoms with Crippen LogP contribution >= 0.6 is 0 Å². The standard InChI is InChI=1S/C49H32N4O/c1-5-16-33(17-6-1)34-28-30-38(31-29-34)53(37-22-11-4-12-23-37)43-32-42-45-41(26-15-27-44(45)54-46(42)40-25-14-13-24-39(40)43)49-51-47(35-18-7-2-8-19-35)50-48(52-49)36-20-9-3-10-21-36/h1-32H. The number of benzene rings is 8. The van der Waals surface area contributed by atoms with Crippen LogP contribution in [0.3, 0.4) is 0 Å². The van der Waals surface area contributed by atoms with Crippen molar-refractivity contribution in [2.75, 3.05) is 4.90 Å². The minimum Gasteiger partial charge on any atom is -0.455 e. The summed E-state index contributed by atoms with van der Waals surface area (Å²) in [6.45, 7) is 0. The highest BCUT2D eigenvalue weighted by Gasteiger charge is 2.23. The summed E-state index contributed by atoms with van der Waals surface area (Å²) >= 11 is 0. The fourth-order valence-electron chi connectivity index (χ4n) is 7.37. The van der Waals surface area contributed by atoms with Crippen LogP contribution in [0.1, 0.15) is 0 Å². The number of nitrogens with zero attached hydrogens (tertiary/aromatic N) is 4. The summed E-state index contributed by atoms with van der Waals surface area (Å²) in [5.74, 6) is 1.82. The van der Waals surface area contributed by atoms with Gasteiger partial charge in [-0.1, -0.05) is 158 Å². The zero-order valence-corrected chi connectivity index (χ0v) is 29.2. The van der Waals surface area contributed by atoms with E-state index in [0.29, 0.717) is 17.5 Å². The van der Waals surface area contributed by atoms with Gasteiger partial charge in [0.25, 0.3) is 0 Å². The highest BCUT2D eigenvalue weighted by atomic mass is 16.3. The average Bonchev–Trinajstić information content (AvgIpc) is 3.64. The predicted molar refractivity (Wildman–Crippen MR) is 221 cm³/mol. The third-order valence-corrected chi connectivity index (χ3v) is 9.91. The van der Waals surface area contributed by atoms with E-state index in [1.54, 1.807) is 0 Å². The minimum atomic E-state index is 0.585. The lowest BCUT2D eigenvalue weighted by atomic mass is 9.99. The lowest BCUT2D eigenvalue weighted by Crippen LogP contribution is -2.10. The number of para-hydroxylation sites is 1. The van der Waals surface area contributed by atoms with Gasteiger partial charge in [0.15, 0.2) is 17.5 Å². The van der Waals surface area contributed by atoms with Gasteiger partial charge in [0.2, 0.25) is 0 Å². The van der Waals surface area contributed by atoms with Crippen LogP contribution < -0.4 is 4.90 Å². The SMILES string of the molecule is c1ccc(-c2ccc(N(c3ccccc3)c3cc4c(oc5cccc(-c6nc(-c7ccccc7)nc(-c7ccccc7)n6)c54)c4ccccc34)cc2)cc1. The summed E-state index contributed by atoms with van der Waals surface area (Å²) in [5, 5.41) is 4.05. The topological polar surface area (TPSA) is 55.1 Å². The van der Waals surface area contributed by atoms with E-state index >= 15 is 0 Å². The molecule has 254 valence electrons. The van der Waals surface area contributed by atoms with E-state index in [4.69, 9.17) is 19.4 Å². The molecule has 2 heterocycles. The van der Waals surface area contributed by atoms with Crippen LogP contribution in [-0.4, -0.2) is 15.0 Å². The molecule has 8 aromatic carbocycles. The first-order valence-electron chi connectivity index (χ1n) is 18.0. The Morgan fingerprint density at radius 2 is 0.870 bits per heavy atom. The third-order valence-electron chi connectivity index (χ3n) is 9.91. The first kappa shape index (κ1) is 31.4. The second-order valence-electron chi connectivity index (χ2n) is 13.2. The molecule has 0 N–H and O–H groups in total. The molecule has 0 amide bonds. The molecule has 10 rings (SSSR count). The van der Waals surface area contributed by atoms with Crippen LogP contribution in [0.15, 0.2) is 199 Å². The number of hydrogen-bond acceptors (Lipinski definition) is 5. The van der Waals surface area contributed by atoms with Gasteiger partial charge in [-0.3, -0.25) is 0 Å². The summed E-state index contributed by atoms with van der Waals surface area (Å²) < 4.78 is 6.78. The lowest BCUT2D eigenvalue weighted by molar-refractivity contribution is 0.672. The van der Waals surface area contributed by atoms with E-state index in [1.807, 2.05) is 78.9 Å². The second kappa shape index (κ2) is 13.3. The van der Waals surface area contributed by atoms with Crippen molar-refractivity contribution in [1.82, 2.24) is 15.0 Å². The molecule has 5 nitrogen and oxygen atoms in total. The Labute approximate surface area is 312 Å². The van der Waals surface area contributed by atoms with E-state index in [0.717, 1.165) is 66.5 Å². The van der Waals surface area contributed by atoms with E-state index in [9.17, 15) is 0 Å². The van der Waals surface area contributed by atoms with Gasteiger partial charge in [-0.2, -0.15) is 0 Å². The van der Waals surface area contributed by atoms with Crippen LogP contribution in [0.2, 0.25) is 0 Å². The quantitative estimate of drug-likeness (QED) is 0.166. The van der Waals surface area contributed by atoms with Gasteiger partial charge in [-0.25, -0.2) is 15.0 Å². The molecule has 10 aromatic rings. The molecule has 54 heavy (non-hydrogen) atoms. The van der Waals surface area contributed by atoms with E-state index in [1.165, 1.54) is 11.1 Å². The van der Waals surface area contributed by atoms with E-state index in [2.05, 4.69) is 120 Å². The van der Waals surface area contributed by atoms with Gasteiger partial charge in [-0.05, 0) is 47.5 Å². The Balaban J connectivity index is 1.23. The zero-order chi connectivity index (χ0) is 35.8. The van der Waals surface area contributed by atoms with Gasteiger partial charge < -0.3 is 9.32 Å². The molecule has 0 spiro atoms. The number of aromatic nitrogens is 3. The number of hydrogen-bond donors (Lipinski definition) is 0. The van der Waals surface area contributed by atoms with Crippen LogP contribution in [0.25, 0.3) is 78.0 Å². The van der Waals surface area contributed by atoms with Gasteiger partial charge in [0, 0.05) is 49.6 Å². The fourth-order valence-corrected chi connectivity index (χ4v) is 7.37. The van der Waals surface area contributed by atoms with Gasteiger partial charge in [0.1, 0.15) is 11.2 Å². The van der Waals surface area contributed by atoms with Crippen molar-refractivity contribution in [3.8, 4) is 45.3 Å². The highest BCUT2D eigenvalue weighted by molar-refractivity contribution is 6.22. The fraction of sp³-hybridized carbons (Fsp3) is 0. The van der Waals surface area contributed by atoms with Crippen molar-refractivity contribution in [2.24, 2.45) is 0 Å². The van der Waals surface area contributed by atoms with Crippen LogP contribution in [0.5, 0.6) is 0 Å². The first-order chi connectivity index (χ1) is 26.8. The molecule has 0 aliphatic carbocycles. The van der Waals surface area contributed by atoms with Crippen LogP contribution in [0, 0.1) is 0 Å². The molecule has 0 fully saturated rings. The third kappa shape index (κ3) is 5.56. The van der Waals surface area contributed by atoms with Crippen molar-refractivity contribution in [3.05, 3.63) is 194 Å². The van der Waals surface area contributed by atoms with Crippen molar-refractivity contribution < 1.29 is 4.42 Å². The molecule has 0 bridgehead atoms. The first-order valence-corrected chi connectivity index (χ1v) is 18.0. The molecule has 0 aliphatic heterocycles. The summed E-state index contributed by atoms with van der Waals surface area (Å²) in [6.07, 6.45) is 0. The molecule has 0 atom stereocenters. The maximum atomic E-state index is 6.78. The summed E-state index contributed by atoms with van der Waals surface area (Å²) in [7, 11) is 0. The Bertz CT molecular complexity index is 2850. The normalized spacial score (nSPS) is 11.3. The van der Waals surface area contributed by atoms with Crippen molar-refractivity contribution in [2.45, 2.75) is 0 Å².